The number of rotatable bonds is 5. The Morgan fingerprint density at radius 1 is 1.12 bits per heavy atom. The second-order valence-electron chi connectivity index (χ2n) is 4.43. The van der Waals surface area contributed by atoms with Gasteiger partial charge in [-0.05, 0) is 30.5 Å². The van der Waals surface area contributed by atoms with Crippen LogP contribution in [0.5, 0.6) is 0 Å². The molecule has 0 radical (unpaired) electrons. The van der Waals surface area contributed by atoms with Gasteiger partial charge in [-0.1, -0.05) is 32.4 Å². The normalized spacial score (nSPS) is 10.7. The predicted molar refractivity (Wildman–Crippen MR) is 70.3 cm³/mol. The number of nitrogens with zero attached hydrogens (tertiary/aromatic N) is 2. The van der Waals surface area contributed by atoms with Gasteiger partial charge in [0.05, 0.1) is 6.54 Å². The lowest BCUT2D eigenvalue weighted by Crippen LogP contribution is -2.30. The molecule has 1 heterocycles. The van der Waals surface area contributed by atoms with Gasteiger partial charge in [-0.25, -0.2) is 9.13 Å². The Kier molecular flexibility index (Phi) is 3.97. The van der Waals surface area contributed by atoms with E-state index in [1.54, 1.807) is 0 Å². The van der Waals surface area contributed by atoms with E-state index >= 15 is 0 Å². The van der Waals surface area contributed by atoms with Crippen LogP contribution in [-0.2, 0) is 13.0 Å². The maximum atomic E-state index is 2.25. The predicted octanol–water partition coefficient (Wildman–Crippen LogP) is 3.13. The third kappa shape index (κ3) is 2.96. The van der Waals surface area contributed by atoms with E-state index in [9.17, 15) is 0 Å². The van der Waals surface area contributed by atoms with Crippen molar-refractivity contribution < 1.29 is 4.57 Å². The molecule has 17 heavy (non-hydrogen) atoms. The smallest absolute Gasteiger partial charge is 0.236 e. The highest BCUT2D eigenvalue weighted by Crippen LogP contribution is 2.09. The van der Waals surface area contributed by atoms with Crippen molar-refractivity contribution in [1.82, 2.24) is 4.57 Å². The fraction of sp³-hybridized carbons (Fsp3) is 0.400. The van der Waals surface area contributed by atoms with Crippen molar-refractivity contribution in [3.05, 3.63) is 48.5 Å². The molecule has 1 aromatic carbocycles. The first-order valence-corrected chi connectivity index (χ1v) is 6.50. The fourth-order valence-electron chi connectivity index (χ4n) is 1.92. The van der Waals surface area contributed by atoms with Crippen LogP contribution in [0.2, 0.25) is 0 Å². The second kappa shape index (κ2) is 5.67. The first kappa shape index (κ1) is 11.9. The first-order valence-electron chi connectivity index (χ1n) is 6.50. The lowest BCUT2D eigenvalue weighted by molar-refractivity contribution is -0.696. The van der Waals surface area contributed by atoms with Crippen molar-refractivity contribution in [1.29, 1.82) is 0 Å². The van der Waals surface area contributed by atoms with Crippen LogP contribution in [0.15, 0.2) is 43.0 Å². The molecule has 0 N–H and O–H groups in total. The maximum Gasteiger partial charge on any atom is 0.248 e. The zero-order valence-electron chi connectivity index (χ0n) is 10.8. The molecular formula is C15H21N2+. The van der Waals surface area contributed by atoms with Crippen molar-refractivity contribution >= 4 is 0 Å². The first-order chi connectivity index (χ1) is 8.33. The Hall–Kier alpha value is -1.57. The monoisotopic (exact) mass is 229 g/mol. The summed E-state index contributed by atoms with van der Waals surface area (Å²) in [4.78, 5) is 0. The molecule has 0 saturated carbocycles. The molecule has 0 spiro atoms. The third-order valence-corrected chi connectivity index (χ3v) is 3.10. The van der Waals surface area contributed by atoms with E-state index in [-0.39, 0.29) is 0 Å². The minimum atomic E-state index is 1.10. The topological polar surface area (TPSA) is 8.81 Å². The Balaban J connectivity index is 2.12. The molecule has 0 saturated heterocycles. The number of hydrogen-bond acceptors (Lipinski definition) is 0. The highest BCUT2D eigenvalue weighted by molar-refractivity contribution is 5.34. The van der Waals surface area contributed by atoms with Gasteiger partial charge in [0.1, 0.15) is 18.1 Å². The van der Waals surface area contributed by atoms with Crippen LogP contribution in [0, 0.1) is 0 Å². The Morgan fingerprint density at radius 2 is 1.88 bits per heavy atom. The largest absolute Gasteiger partial charge is 0.248 e. The summed E-state index contributed by atoms with van der Waals surface area (Å²) in [6.07, 6.45) is 10.0. The van der Waals surface area contributed by atoms with Crippen LogP contribution in [0.1, 0.15) is 32.3 Å². The summed E-state index contributed by atoms with van der Waals surface area (Å²) in [7, 11) is 0. The summed E-state index contributed by atoms with van der Waals surface area (Å²) in [5.41, 5.74) is 2.62. The molecule has 2 rings (SSSR count). The summed E-state index contributed by atoms with van der Waals surface area (Å²) in [6.45, 7) is 5.51. The van der Waals surface area contributed by atoms with Crippen molar-refractivity contribution in [3.8, 4) is 5.69 Å². The van der Waals surface area contributed by atoms with E-state index in [1.807, 2.05) is 0 Å². The van der Waals surface area contributed by atoms with Gasteiger partial charge in [-0.3, -0.25) is 0 Å². The molecule has 0 fully saturated rings. The van der Waals surface area contributed by atoms with Crippen LogP contribution in [0.4, 0.5) is 0 Å². The molecule has 2 aromatic rings. The molecule has 0 aliphatic heterocycles. The van der Waals surface area contributed by atoms with E-state index in [4.69, 9.17) is 0 Å². The second-order valence-corrected chi connectivity index (χ2v) is 4.43. The van der Waals surface area contributed by atoms with E-state index in [0.717, 1.165) is 13.0 Å². The van der Waals surface area contributed by atoms with Gasteiger partial charge < -0.3 is 0 Å². The molecule has 1 aromatic heterocycles. The zero-order chi connectivity index (χ0) is 12.1. The molecule has 0 atom stereocenters. The summed E-state index contributed by atoms with van der Waals surface area (Å²) >= 11 is 0. The van der Waals surface area contributed by atoms with Crippen LogP contribution in [-0.4, -0.2) is 4.57 Å². The number of aromatic nitrogens is 2. The van der Waals surface area contributed by atoms with E-state index in [1.165, 1.54) is 24.1 Å². The Labute approximate surface area is 104 Å². The van der Waals surface area contributed by atoms with Crippen LogP contribution < -0.4 is 4.57 Å². The van der Waals surface area contributed by atoms with E-state index < -0.39 is 0 Å². The number of imidazole rings is 1. The highest BCUT2D eigenvalue weighted by Gasteiger charge is 2.05. The van der Waals surface area contributed by atoms with Gasteiger partial charge in [0, 0.05) is 0 Å². The quantitative estimate of drug-likeness (QED) is 0.697. The molecule has 0 unspecified atom stereocenters. The molecule has 0 amide bonds. The SMILES string of the molecule is CCCC[n+]1ccn(-c2ccc(CC)cc2)c1. The van der Waals surface area contributed by atoms with Gasteiger partial charge in [0.15, 0.2) is 0 Å². The van der Waals surface area contributed by atoms with Crippen molar-refractivity contribution in [2.45, 2.75) is 39.7 Å². The molecular weight excluding hydrogens is 208 g/mol. The maximum absolute atomic E-state index is 2.25. The van der Waals surface area contributed by atoms with E-state index in [0.29, 0.717) is 0 Å². The lowest BCUT2D eigenvalue weighted by atomic mass is 10.1. The zero-order valence-corrected chi connectivity index (χ0v) is 10.8. The van der Waals surface area contributed by atoms with Crippen LogP contribution >= 0.6 is 0 Å². The van der Waals surface area contributed by atoms with Gasteiger partial charge in [-0.15, -0.1) is 0 Å². The Bertz CT molecular complexity index is 454. The molecule has 0 aliphatic carbocycles. The molecule has 2 heteroatoms. The average molecular weight is 229 g/mol. The number of benzene rings is 1. The van der Waals surface area contributed by atoms with Crippen LogP contribution in [0.25, 0.3) is 5.69 Å². The summed E-state index contributed by atoms with van der Waals surface area (Å²) in [5.74, 6) is 0. The number of unbranched alkanes of at least 4 members (excludes halogenated alkanes) is 1. The summed E-state index contributed by atoms with van der Waals surface area (Å²) in [5, 5.41) is 0. The number of aryl methyl sites for hydroxylation is 2. The molecule has 90 valence electrons. The third-order valence-electron chi connectivity index (χ3n) is 3.10. The molecule has 0 bridgehead atoms. The average Bonchev–Trinajstić information content (AvgIpc) is 2.85. The van der Waals surface area contributed by atoms with Crippen molar-refractivity contribution in [3.63, 3.8) is 0 Å². The van der Waals surface area contributed by atoms with Gasteiger partial charge in [0.25, 0.3) is 0 Å². The minimum absolute atomic E-state index is 1.10. The van der Waals surface area contributed by atoms with E-state index in [2.05, 4.69) is 66.0 Å². The lowest BCUT2D eigenvalue weighted by Gasteiger charge is -1.98. The van der Waals surface area contributed by atoms with Gasteiger partial charge in [0.2, 0.25) is 6.33 Å². The Morgan fingerprint density at radius 3 is 2.53 bits per heavy atom. The van der Waals surface area contributed by atoms with Gasteiger partial charge >= 0.3 is 0 Å². The van der Waals surface area contributed by atoms with Crippen molar-refractivity contribution in [2.24, 2.45) is 0 Å². The summed E-state index contributed by atoms with van der Waals surface area (Å²) < 4.78 is 4.42. The summed E-state index contributed by atoms with van der Waals surface area (Å²) in [6, 6.07) is 8.77. The number of hydrogen-bond donors (Lipinski definition) is 0. The van der Waals surface area contributed by atoms with Crippen LogP contribution in [0.3, 0.4) is 0 Å². The van der Waals surface area contributed by atoms with Gasteiger partial charge in [-0.2, -0.15) is 0 Å². The highest BCUT2D eigenvalue weighted by atomic mass is 15.1. The molecule has 2 nitrogen and oxygen atoms in total. The minimum Gasteiger partial charge on any atom is -0.236 e. The fourth-order valence-corrected chi connectivity index (χ4v) is 1.92. The molecule has 0 aliphatic rings. The standard InChI is InChI=1S/C15H21N2/c1-3-5-10-16-11-12-17(13-16)15-8-6-14(4-2)7-9-15/h6-9,11-13H,3-5,10H2,1-2H3/q+1. The van der Waals surface area contributed by atoms with Crippen molar-refractivity contribution in [2.75, 3.05) is 0 Å².